The molecule has 1 unspecified atom stereocenters. The lowest BCUT2D eigenvalue weighted by Gasteiger charge is -2.18. The minimum absolute atomic E-state index is 0.132. The minimum Gasteiger partial charge on any atom is -0.497 e. The average molecular weight is 429 g/mol. The molecule has 0 spiro atoms. The lowest BCUT2D eigenvalue weighted by Crippen LogP contribution is -2.21. The lowest BCUT2D eigenvalue weighted by molar-refractivity contribution is 0.0959. The fraction of sp³-hybridized carbons (Fsp3) is 0.120. The van der Waals surface area contributed by atoms with Gasteiger partial charge in [-0.2, -0.15) is 0 Å². The Morgan fingerprint density at radius 3 is 2.74 bits per heavy atom. The molecule has 1 atom stereocenters. The fourth-order valence-electron chi connectivity index (χ4n) is 4.11. The quantitative estimate of drug-likeness (QED) is 0.463. The average Bonchev–Trinajstić information content (AvgIpc) is 3.35. The van der Waals surface area contributed by atoms with Crippen LogP contribution < -0.4 is 15.4 Å². The van der Waals surface area contributed by atoms with Crippen molar-refractivity contribution in [1.29, 1.82) is 0 Å². The predicted molar refractivity (Wildman–Crippen MR) is 123 cm³/mol. The van der Waals surface area contributed by atoms with Crippen molar-refractivity contribution >= 4 is 38.9 Å². The molecule has 4 aromatic rings. The minimum atomic E-state index is -0.302. The van der Waals surface area contributed by atoms with Crippen molar-refractivity contribution in [3.8, 4) is 5.75 Å². The number of amides is 2. The van der Waals surface area contributed by atoms with Gasteiger partial charge in [0.1, 0.15) is 5.75 Å². The van der Waals surface area contributed by atoms with Crippen LogP contribution in [-0.4, -0.2) is 18.9 Å². The molecule has 31 heavy (non-hydrogen) atoms. The topological polar surface area (TPSA) is 67.4 Å². The Morgan fingerprint density at radius 1 is 1.10 bits per heavy atom. The normalized spacial score (nSPS) is 14.9. The molecule has 0 saturated carbocycles. The Kier molecular flexibility index (Phi) is 4.71. The van der Waals surface area contributed by atoms with Crippen molar-refractivity contribution in [2.24, 2.45) is 0 Å². The Balaban J connectivity index is 1.54. The van der Waals surface area contributed by atoms with Crippen molar-refractivity contribution in [2.75, 3.05) is 12.4 Å². The molecule has 1 aromatic heterocycles. The molecule has 0 saturated heterocycles. The van der Waals surface area contributed by atoms with Crippen molar-refractivity contribution in [3.63, 3.8) is 0 Å². The highest BCUT2D eigenvalue weighted by Crippen LogP contribution is 2.38. The van der Waals surface area contributed by atoms with Crippen molar-refractivity contribution in [2.45, 2.75) is 13.0 Å². The van der Waals surface area contributed by atoms with E-state index < -0.39 is 0 Å². The van der Waals surface area contributed by atoms with Crippen LogP contribution in [0.4, 0.5) is 5.69 Å². The molecule has 3 aromatic carbocycles. The first-order chi connectivity index (χ1) is 15.1. The Labute approximate surface area is 183 Å². The molecule has 2 amide bonds. The highest BCUT2D eigenvalue weighted by atomic mass is 32.1. The number of nitrogens with one attached hydrogen (secondary N) is 2. The molecule has 0 fully saturated rings. The van der Waals surface area contributed by atoms with E-state index in [-0.39, 0.29) is 17.9 Å². The van der Waals surface area contributed by atoms with Crippen LogP contribution in [0.5, 0.6) is 5.75 Å². The number of carbonyl (C=O) groups excluding carboxylic acids is 2. The molecule has 6 heteroatoms. The number of ether oxygens (including phenoxy) is 1. The van der Waals surface area contributed by atoms with Gasteiger partial charge in [-0.25, -0.2) is 0 Å². The maximum absolute atomic E-state index is 13.2. The van der Waals surface area contributed by atoms with Gasteiger partial charge in [-0.1, -0.05) is 30.3 Å². The molecule has 0 bridgehead atoms. The zero-order chi connectivity index (χ0) is 21.5. The molecule has 5 rings (SSSR count). The van der Waals surface area contributed by atoms with Crippen LogP contribution in [0, 0.1) is 6.92 Å². The summed E-state index contributed by atoms with van der Waals surface area (Å²) in [6, 6.07) is 18.8. The molecule has 5 nitrogen and oxygen atoms in total. The third-order valence-electron chi connectivity index (χ3n) is 5.69. The van der Waals surface area contributed by atoms with Gasteiger partial charge in [0, 0.05) is 32.3 Å². The van der Waals surface area contributed by atoms with E-state index in [0.29, 0.717) is 16.8 Å². The third-order valence-corrected chi connectivity index (χ3v) is 6.64. The fourth-order valence-corrected chi connectivity index (χ4v) is 5.08. The van der Waals surface area contributed by atoms with Gasteiger partial charge in [-0.05, 0) is 48.4 Å². The lowest BCUT2D eigenvalue weighted by atomic mass is 9.93. The highest BCUT2D eigenvalue weighted by Gasteiger charge is 2.33. The van der Waals surface area contributed by atoms with Crippen LogP contribution in [0.25, 0.3) is 10.1 Å². The first-order valence-electron chi connectivity index (χ1n) is 9.92. The number of aryl methyl sites for hydroxylation is 1. The first-order valence-corrected chi connectivity index (χ1v) is 10.8. The molecule has 2 N–H and O–H groups in total. The molecule has 1 aliphatic heterocycles. The summed E-state index contributed by atoms with van der Waals surface area (Å²) in [5.74, 6) is 0.424. The van der Waals surface area contributed by atoms with Gasteiger partial charge < -0.3 is 15.4 Å². The first kappa shape index (κ1) is 19.3. The van der Waals surface area contributed by atoms with Gasteiger partial charge in [-0.3, -0.25) is 9.59 Å². The second-order valence-corrected chi connectivity index (χ2v) is 8.41. The van der Waals surface area contributed by atoms with Crippen molar-refractivity contribution in [1.82, 2.24) is 5.32 Å². The van der Waals surface area contributed by atoms with E-state index in [1.807, 2.05) is 60.8 Å². The number of hydrogen-bond donors (Lipinski definition) is 2. The molecule has 154 valence electrons. The number of carbonyl (C=O) groups is 2. The van der Waals surface area contributed by atoms with Crippen molar-refractivity contribution < 1.29 is 14.3 Å². The van der Waals surface area contributed by atoms with Gasteiger partial charge in [0.15, 0.2) is 0 Å². The van der Waals surface area contributed by atoms with E-state index in [9.17, 15) is 9.59 Å². The summed E-state index contributed by atoms with van der Waals surface area (Å²) in [5, 5.41) is 8.84. The van der Waals surface area contributed by atoms with Crippen LogP contribution in [0.1, 0.15) is 43.4 Å². The van der Waals surface area contributed by atoms with Crippen molar-refractivity contribution in [3.05, 3.63) is 93.9 Å². The van der Waals surface area contributed by atoms with Gasteiger partial charge in [0.25, 0.3) is 11.8 Å². The van der Waals surface area contributed by atoms with E-state index in [1.54, 1.807) is 19.2 Å². The summed E-state index contributed by atoms with van der Waals surface area (Å²) in [7, 11) is 1.62. The molecule has 0 radical (unpaired) electrons. The summed E-state index contributed by atoms with van der Waals surface area (Å²) in [6.45, 7) is 2.02. The van der Waals surface area contributed by atoms with E-state index in [4.69, 9.17) is 4.74 Å². The van der Waals surface area contributed by atoms with E-state index in [1.165, 1.54) is 11.3 Å². The Hall–Kier alpha value is -3.64. The van der Waals surface area contributed by atoms with Gasteiger partial charge in [0.2, 0.25) is 0 Å². The molecular weight excluding hydrogens is 408 g/mol. The van der Waals surface area contributed by atoms with Crippen LogP contribution in [0.15, 0.2) is 66.0 Å². The number of fused-ring (bicyclic) bond motifs is 2. The Morgan fingerprint density at radius 2 is 1.94 bits per heavy atom. The maximum atomic E-state index is 13.2. The van der Waals surface area contributed by atoms with Crippen LogP contribution in [0.2, 0.25) is 0 Å². The number of benzene rings is 3. The second kappa shape index (κ2) is 7.56. The number of rotatable bonds is 4. The zero-order valence-corrected chi connectivity index (χ0v) is 17.9. The number of hydrogen-bond acceptors (Lipinski definition) is 4. The monoisotopic (exact) mass is 428 g/mol. The maximum Gasteiger partial charge on any atom is 0.257 e. The van der Waals surface area contributed by atoms with Crippen LogP contribution in [0.3, 0.4) is 0 Å². The number of thiophene rings is 1. The summed E-state index contributed by atoms with van der Waals surface area (Å²) in [5.41, 5.74) is 4.73. The van der Waals surface area contributed by atoms with Crippen LogP contribution in [-0.2, 0) is 0 Å². The van der Waals surface area contributed by atoms with Gasteiger partial charge in [0.05, 0.1) is 18.7 Å². The highest BCUT2D eigenvalue weighted by molar-refractivity contribution is 7.17. The van der Waals surface area contributed by atoms with Gasteiger partial charge >= 0.3 is 0 Å². The number of anilines is 1. The molecular formula is C25H20N2O3S. The van der Waals surface area contributed by atoms with Crippen LogP contribution >= 0.6 is 11.3 Å². The van der Waals surface area contributed by atoms with E-state index >= 15 is 0 Å². The number of methoxy groups -OCH3 is 1. The zero-order valence-electron chi connectivity index (χ0n) is 17.1. The standard InChI is InChI=1S/C25H20N2O3S/c1-14-6-3-4-7-16(14)23-22-18(24(28)27-23)8-5-9-20(22)26-25(29)19-13-31-21-12-15(30-2)10-11-17(19)21/h3-13,23H,1-2H3,(H,26,29)(H,27,28). The van der Waals surface area contributed by atoms with E-state index in [2.05, 4.69) is 10.6 Å². The van der Waals surface area contributed by atoms with Gasteiger partial charge in [-0.15, -0.1) is 11.3 Å². The Bertz CT molecular complexity index is 1340. The third kappa shape index (κ3) is 3.25. The second-order valence-electron chi connectivity index (χ2n) is 7.50. The van der Waals surface area contributed by atoms with E-state index in [0.717, 1.165) is 32.5 Å². The SMILES string of the molecule is COc1ccc2c(C(=O)Nc3cccc4c3C(c3ccccc3C)NC4=O)csc2c1. The molecule has 0 aliphatic carbocycles. The molecule has 2 heterocycles. The molecule has 1 aliphatic rings. The summed E-state index contributed by atoms with van der Waals surface area (Å²) < 4.78 is 6.26. The summed E-state index contributed by atoms with van der Waals surface area (Å²) in [4.78, 5) is 25.8. The summed E-state index contributed by atoms with van der Waals surface area (Å²) >= 11 is 1.50. The summed E-state index contributed by atoms with van der Waals surface area (Å²) in [6.07, 6.45) is 0. The smallest absolute Gasteiger partial charge is 0.257 e. The predicted octanol–water partition coefficient (Wildman–Crippen LogP) is 5.30. The largest absolute Gasteiger partial charge is 0.497 e.